The molecule has 142 valence electrons. The van der Waals surface area contributed by atoms with Gasteiger partial charge in [-0.05, 0) is 48.1 Å². The van der Waals surface area contributed by atoms with Gasteiger partial charge in [0.05, 0.1) is 0 Å². The van der Waals surface area contributed by atoms with Gasteiger partial charge in [-0.1, -0.05) is 55.0 Å². The van der Waals surface area contributed by atoms with Crippen molar-refractivity contribution in [3.8, 4) is 5.75 Å². The molecule has 0 N–H and O–H groups in total. The third-order valence-corrected chi connectivity index (χ3v) is 5.45. The highest BCUT2D eigenvalue weighted by Crippen LogP contribution is 2.38. The van der Waals surface area contributed by atoms with Crippen LogP contribution in [0.5, 0.6) is 5.75 Å². The molecule has 2 aliphatic rings. The lowest BCUT2D eigenvalue weighted by molar-refractivity contribution is -0.274. The minimum atomic E-state index is -4.65. The van der Waals surface area contributed by atoms with E-state index in [2.05, 4.69) is 40.0 Å². The number of rotatable bonds is 4. The average Bonchev–Trinajstić information content (AvgIpc) is 2.62. The maximum atomic E-state index is 12.3. The van der Waals surface area contributed by atoms with Gasteiger partial charge in [-0.15, -0.1) is 13.2 Å². The van der Waals surface area contributed by atoms with Crippen LogP contribution in [0.4, 0.5) is 13.2 Å². The SMILES string of the molecule is FC(F)(F)Oc1ccc(C2=CC3CCCC(C2)N3Cc2ccccc2)cc1. The van der Waals surface area contributed by atoms with Crippen LogP contribution in [0, 0.1) is 0 Å². The van der Waals surface area contributed by atoms with Crippen LogP contribution in [-0.4, -0.2) is 23.3 Å². The fourth-order valence-corrected chi connectivity index (χ4v) is 4.24. The summed E-state index contributed by atoms with van der Waals surface area (Å²) >= 11 is 0. The van der Waals surface area contributed by atoms with Crippen molar-refractivity contribution in [3.05, 3.63) is 71.8 Å². The van der Waals surface area contributed by atoms with E-state index in [1.165, 1.54) is 29.7 Å². The Bertz CT molecular complexity index is 799. The van der Waals surface area contributed by atoms with Crippen molar-refractivity contribution in [2.75, 3.05) is 0 Å². The molecule has 0 spiro atoms. The number of ether oxygens (including phenoxy) is 1. The molecule has 2 atom stereocenters. The number of hydrogen-bond donors (Lipinski definition) is 0. The minimum Gasteiger partial charge on any atom is -0.406 e. The van der Waals surface area contributed by atoms with Crippen LogP contribution in [0.25, 0.3) is 5.57 Å². The van der Waals surface area contributed by atoms with Crippen molar-refractivity contribution in [3.63, 3.8) is 0 Å². The van der Waals surface area contributed by atoms with E-state index in [9.17, 15) is 13.2 Å². The maximum Gasteiger partial charge on any atom is 0.573 e. The van der Waals surface area contributed by atoms with Gasteiger partial charge in [0.1, 0.15) is 5.75 Å². The van der Waals surface area contributed by atoms with E-state index in [1.807, 2.05) is 6.07 Å². The molecule has 0 aromatic heterocycles. The Hall–Kier alpha value is -2.27. The van der Waals surface area contributed by atoms with Crippen molar-refractivity contribution >= 4 is 5.57 Å². The van der Waals surface area contributed by atoms with Crippen LogP contribution in [0.1, 0.15) is 36.8 Å². The fraction of sp³-hybridized carbons (Fsp3) is 0.364. The normalized spacial score (nSPS) is 23.0. The highest BCUT2D eigenvalue weighted by molar-refractivity contribution is 5.68. The predicted molar refractivity (Wildman–Crippen MR) is 99.1 cm³/mol. The molecule has 27 heavy (non-hydrogen) atoms. The molecule has 2 heterocycles. The molecular weight excluding hydrogens is 351 g/mol. The smallest absolute Gasteiger partial charge is 0.406 e. The summed E-state index contributed by atoms with van der Waals surface area (Å²) in [5.41, 5.74) is 3.54. The van der Waals surface area contributed by atoms with Crippen LogP contribution < -0.4 is 4.74 Å². The Morgan fingerprint density at radius 3 is 2.37 bits per heavy atom. The van der Waals surface area contributed by atoms with Gasteiger partial charge in [0.15, 0.2) is 0 Å². The Morgan fingerprint density at radius 2 is 1.70 bits per heavy atom. The summed E-state index contributed by atoms with van der Waals surface area (Å²) in [7, 11) is 0. The largest absolute Gasteiger partial charge is 0.573 e. The Balaban J connectivity index is 1.52. The Morgan fingerprint density at radius 1 is 0.963 bits per heavy atom. The van der Waals surface area contributed by atoms with E-state index in [0.717, 1.165) is 31.4 Å². The summed E-state index contributed by atoms with van der Waals surface area (Å²) in [4.78, 5) is 2.57. The van der Waals surface area contributed by atoms with Gasteiger partial charge in [-0.25, -0.2) is 0 Å². The van der Waals surface area contributed by atoms with Crippen molar-refractivity contribution < 1.29 is 17.9 Å². The molecule has 2 aromatic carbocycles. The van der Waals surface area contributed by atoms with E-state index < -0.39 is 6.36 Å². The van der Waals surface area contributed by atoms with Gasteiger partial charge in [-0.2, -0.15) is 0 Å². The second-order valence-corrected chi connectivity index (χ2v) is 7.28. The second-order valence-electron chi connectivity index (χ2n) is 7.28. The van der Waals surface area contributed by atoms with Gasteiger partial charge in [0.25, 0.3) is 0 Å². The van der Waals surface area contributed by atoms with Crippen molar-refractivity contribution in [2.24, 2.45) is 0 Å². The topological polar surface area (TPSA) is 12.5 Å². The van der Waals surface area contributed by atoms with E-state index in [-0.39, 0.29) is 5.75 Å². The molecule has 2 unspecified atom stereocenters. The van der Waals surface area contributed by atoms with Crippen molar-refractivity contribution in [1.82, 2.24) is 4.90 Å². The zero-order valence-electron chi connectivity index (χ0n) is 15.0. The van der Waals surface area contributed by atoms with Gasteiger partial charge in [0.2, 0.25) is 0 Å². The molecule has 0 aliphatic carbocycles. The van der Waals surface area contributed by atoms with Crippen LogP contribution in [0.3, 0.4) is 0 Å². The summed E-state index contributed by atoms with van der Waals surface area (Å²) in [6.07, 6.45) is 2.10. The molecule has 2 aliphatic heterocycles. The monoisotopic (exact) mass is 373 g/mol. The van der Waals surface area contributed by atoms with Crippen molar-refractivity contribution in [2.45, 2.75) is 50.7 Å². The summed E-state index contributed by atoms with van der Waals surface area (Å²) in [6, 6.07) is 17.6. The highest BCUT2D eigenvalue weighted by atomic mass is 19.4. The van der Waals surface area contributed by atoms with Crippen LogP contribution >= 0.6 is 0 Å². The number of hydrogen-bond acceptors (Lipinski definition) is 2. The lowest BCUT2D eigenvalue weighted by Crippen LogP contribution is -2.47. The standard InChI is InChI=1S/C22H22F3NO/c23-22(24,25)27-21-11-9-17(10-12-21)18-13-19-7-4-8-20(14-18)26(19)15-16-5-2-1-3-6-16/h1-3,5-6,9-13,19-20H,4,7-8,14-15H2. The minimum absolute atomic E-state index is 0.173. The molecule has 0 radical (unpaired) electrons. The second kappa shape index (κ2) is 7.39. The van der Waals surface area contributed by atoms with Crippen molar-refractivity contribution in [1.29, 1.82) is 0 Å². The summed E-state index contributed by atoms with van der Waals surface area (Å²) in [6.45, 7) is 0.943. The highest BCUT2D eigenvalue weighted by Gasteiger charge is 2.34. The Labute approximate surface area is 157 Å². The summed E-state index contributed by atoms with van der Waals surface area (Å²) < 4.78 is 41.0. The number of fused-ring (bicyclic) bond motifs is 2. The quantitative estimate of drug-likeness (QED) is 0.672. The first kappa shape index (κ1) is 18.1. The molecular formula is C22H22F3NO. The maximum absolute atomic E-state index is 12.3. The van der Waals surface area contributed by atoms with Crippen LogP contribution in [0.15, 0.2) is 60.7 Å². The predicted octanol–water partition coefficient (Wildman–Crippen LogP) is 5.80. The lowest BCUT2D eigenvalue weighted by Gasteiger charge is -2.45. The molecule has 1 saturated heterocycles. The molecule has 2 aromatic rings. The number of benzene rings is 2. The third-order valence-electron chi connectivity index (χ3n) is 5.45. The van der Waals surface area contributed by atoms with Gasteiger partial charge in [0, 0.05) is 18.6 Å². The number of halogens is 3. The molecule has 0 saturated carbocycles. The molecule has 4 rings (SSSR count). The third kappa shape index (κ3) is 4.35. The van der Waals surface area contributed by atoms with Crippen LogP contribution in [-0.2, 0) is 6.54 Å². The first-order valence-electron chi connectivity index (χ1n) is 9.34. The molecule has 5 heteroatoms. The molecule has 1 fully saturated rings. The van der Waals surface area contributed by atoms with E-state index in [4.69, 9.17) is 0 Å². The van der Waals surface area contributed by atoms with E-state index in [0.29, 0.717) is 12.1 Å². The lowest BCUT2D eigenvalue weighted by atomic mass is 9.82. The molecule has 2 nitrogen and oxygen atoms in total. The summed E-state index contributed by atoms with van der Waals surface area (Å²) in [5.74, 6) is -0.173. The van der Waals surface area contributed by atoms with E-state index in [1.54, 1.807) is 12.1 Å². The Kier molecular flexibility index (Phi) is 4.96. The first-order chi connectivity index (χ1) is 13.0. The zero-order valence-corrected chi connectivity index (χ0v) is 15.0. The average molecular weight is 373 g/mol. The first-order valence-corrected chi connectivity index (χ1v) is 9.34. The summed E-state index contributed by atoms with van der Waals surface area (Å²) in [5, 5.41) is 0. The number of piperidine rings is 1. The number of nitrogens with zero attached hydrogens (tertiary/aromatic N) is 1. The molecule has 0 amide bonds. The number of alkyl halides is 3. The van der Waals surface area contributed by atoms with Gasteiger partial charge >= 0.3 is 6.36 Å². The zero-order chi connectivity index (χ0) is 18.9. The fourth-order valence-electron chi connectivity index (χ4n) is 4.24. The van der Waals surface area contributed by atoms with Gasteiger partial charge < -0.3 is 4.74 Å². The molecule has 2 bridgehead atoms. The van der Waals surface area contributed by atoms with Crippen LogP contribution in [0.2, 0.25) is 0 Å². The van der Waals surface area contributed by atoms with E-state index >= 15 is 0 Å². The van der Waals surface area contributed by atoms with Gasteiger partial charge in [-0.3, -0.25) is 4.90 Å².